The van der Waals surface area contributed by atoms with Gasteiger partial charge in [-0.05, 0) is 26.5 Å². The van der Waals surface area contributed by atoms with Crippen molar-refractivity contribution in [3.8, 4) is 11.4 Å². The molecule has 0 aliphatic heterocycles. The van der Waals surface area contributed by atoms with Crippen LogP contribution in [0, 0.1) is 17.0 Å². The van der Waals surface area contributed by atoms with Crippen LogP contribution in [0.4, 0.5) is 5.69 Å². The molecule has 7 nitrogen and oxygen atoms in total. The first-order valence-corrected chi connectivity index (χ1v) is 8.28. The molecular formula is C19H20N4O3. The highest BCUT2D eigenvalue weighted by Crippen LogP contribution is 2.23. The van der Waals surface area contributed by atoms with Crippen LogP contribution in [-0.2, 0) is 6.54 Å². The van der Waals surface area contributed by atoms with Gasteiger partial charge in [0, 0.05) is 23.7 Å². The Balaban J connectivity index is 1.72. The molecule has 3 rings (SSSR count). The van der Waals surface area contributed by atoms with Gasteiger partial charge in [-0.3, -0.25) is 15.0 Å². The van der Waals surface area contributed by atoms with Gasteiger partial charge >= 0.3 is 0 Å². The third kappa shape index (κ3) is 3.94. The lowest BCUT2D eigenvalue weighted by atomic mass is 10.1. The van der Waals surface area contributed by atoms with E-state index < -0.39 is 4.92 Å². The van der Waals surface area contributed by atoms with E-state index >= 15 is 0 Å². The third-order valence-corrected chi connectivity index (χ3v) is 4.39. The summed E-state index contributed by atoms with van der Waals surface area (Å²) < 4.78 is 5.32. The largest absolute Gasteiger partial charge is 0.338 e. The first-order valence-electron chi connectivity index (χ1n) is 8.28. The zero-order valence-corrected chi connectivity index (χ0v) is 14.9. The number of aryl methyl sites for hydroxylation is 1. The van der Waals surface area contributed by atoms with Crippen molar-refractivity contribution in [2.45, 2.75) is 26.4 Å². The molecular weight excluding hydrogens is 332 g/mol. The molecule has 26 heavy (non-hydrogen) atoms. The van der Waals surface area contributed by atoms with Crippen LogP contribution >= 0.6 is 0 Å². The second-order valence-electron chi connectivity index (χ2n) is 6.32. The van der Waals surface area contributed by atoms with Gasteiger partial charge in [-0.25, -0.2) is 0 Å². The van der Waals surface area contributed by atoms with Crippen LogP contribution in [0.15, 0.2) is 53.1 Å². The smallest absolute Gasteiger partial charge is 0.270 e. The van der Waals surface area contributed by atoms with Crippen molar-refractivity contribution in [3.63, 3.8) is 0 Å². The Morgan fingerprint density at radius 3 is 2.65 bits per heavy atom. The highest BCUT2D eigenvalue weighted by Gasteiger charge is 2.17. The summed E-state index contributed by atoms with van der Waals surface area (Å²) in [5, 5.41) is 14.8. The maximum absolute atomic E-state index is 10.9. The van der Waals surface area contributed by atoms with E-state index in [-0.39, 0.29) is 11.7 Å². The van der Waals surface area contributed by atoms with E-state index in [0.717, 1.165) is 0 Å². The molecule has 1 atom stereocenters. The fourth-order valence-corrected chi connectivity index (χ4v) is 2.64. The molecule has 0 saturated heterocycles. The number of nitro groups is 1. The lowest BCUT2D eigenvalue weighted by Gasteiger charge is -2.23. The lowest BCUT2D eigenvalue weighted by molar-refractivity contribution is -0.384. The minimum atomic E-state index is -0.443. The number of aromatic nitrogens is 2. The molecule has 0 spiro atoms. The van der Waals surface area contributed by atoms with Crippen LogP contribution in [0.2, 0.25) is 0 Å². The first kappa shape index (κ1) is 17.8. The number of hydrogen-bond donors (Lipinski definition) is 0. The molecule has 0 fully saturated rings. The molecule has 0 bridgehead atoms. The van der Waals surface area contributed by atoms with Gasteiger partial charge in [-0.2, -0.15) is 4.98 Å². The summed E-state index contributed by atoms with van der Waals surface area (Å²) in [6.07, 6.45) is 0. The monoisotopic (exact) mass is 352 g/mol. The Bertz CT molecular complexity index is 905. The number of nitro benzene ring substituents is 1. The summed E-state index contributed by atoms with van der Waals surface area (Å²) in [5.41, 5.74) is 2.99. The van der Waals surface area contributed by atoms with E-state index in [1.54, 1.807) is 12.1 Å². The second-order valence-corrected chi connectivity index (χ2v) is 6.32. The van der Waals surface area contributed by atoms with E-state index in [4.69, 9.17) is 4.52 Å². The molecule has 1 heterocycles. The minimum absolute atomic E-state index is 0.000962. The highest BCUT2D eigenvalue weighted by atomic mass is 16.6. The molecule has 1 unspecified atom stereocenters. The normalized spacial score (nSPS) is 12.3. The molecule has 3 aromatic rings. The summed E-state index contributed by atoms with van der Waals surface area (Å²) in [7, 11) is 1.99. The highest BCUT2D eigenvalue weighted by molar-refractivity contribution is 5.58. The van der Waals surface area contributed by atoms with Gasteiger partial charge < -0.3 is 4.52 Å². The average molecular weight is 352 g/mol. The van der Waals surface area contributed by atoms with E-state index in [1.165, 1.54) is 23.3 Å². The van der Waals surface area contributed by atoms with Crippen molar-refractivity contribution in [2.24, 2.45) is 0 Å². The number of benzene rings is 2. The van der Waals surface area contributed by atoms with Gasteiger partial charge in [0.05, 0.1) is 11.5 Å². The van der Waals surface area contributed by atoms with Gasteiger partial charge in [-0.15, -0.1) is 0 Å². The number of nitrogens with zero attached hydrogens (tertiary/aromatic N) is 4. The molecule has 0 amide bonds. The molecule has 2 aromatic carbocycles. The van der Waals surface area contributed by atoms with Gasteiger partial charge in [0.15, 0.2) is 0 Å². The van der Waals surface area contributed by atoms with Gasteiger partial charge in [0.2, 0.25) is 11.7 Å². The van der Waals surface area contributed by atoms with E-state index in [1.807, 2.05) is 7.05 Å². The van der Waals surface area contributed by atoms with Crippen molar-refractivity contribution in [1.29, 1.82) is 0 Å². The van der Waals surface area contributed by atoms with E-state index in [2.05, 4.69) is 53.2 Å². The van der Waals surface area contributed by atoms with E-state index in [0.29, 0.717) is 23.8 Å². The van der Waals surface area contributed by atoms with Crippen LogP contribution in [-0.4, -0.2) is 27.0 Å². The summed E-state index contributed by atoms with van der Waals surface area (Å²) in [5.74, 6) is 0.813. The van der Waals surface area contributed by atoms with Crippen molar-refractivity contribution >= 4 is 5.69 Å². The number of non-ortho nitro benzene ring substituents is 1. The van der Waals surface area contributed by atoms with Crippen LogP contribution in [0.5, 0.6) is 0 Å². The summed E-state index contributed by atoms with van der Waals surface area (Å²) in [4.78, 5) is 16.9. The SMILES string of the molecule is Cc1ccc(C(C)N(C)Cc2nc(-c3cccc([N+](=O)[O-])c3)no2)cc1. The number of rotatable bonds is 6. The lowest BCUT2D eigenvalue weighted by Crippen LogP contribution is -2.22. The van der Waals surface area contributed by atoms with Gasteiger partial charge in [-0.1, -0.05) is 47.1 Å². The van der Waals surface area contributed by atoms with Crippen LogP contribution in [0.3, 0.4) is 0 Å². The van der Waals surface area contributed by atoms with Crippen molar-refractivity contribution in [2.75, 3.05) is 7.05 Å². The molecule has 7 heteroatoms. The Morgan fingerprint density at radius 2 is 1.96 bits per heavy atom. The van der Waals surface area contributed by atoms with Crippen LogP contribution in [0.25, 0.3) is 11.4 Å². The Morgan fingerprint density at radius 1 is 1.23 bits per heavy atom. The Kier molecular flexibility index (Phi) is 5.09. The second kappa shape index (κ2) is 7.45. The molecule has 0 aliphatic rings. The third-order valence-electron chi connectivity index (χ3n) is 4.39. The zero-order valence-electron chi connectivity index (χ0n) is 14.9. The fraction of sp³-hybridized carbons (Fsp3) is 0.263. The van der Waals surface area contributed by atoms with E-state index in [9.17, 15) is 10.1 Å². The first-order chi connectivity index (χ1) is 12.4. The summed E-state index contributed by atoms with van der Waals surface area (Å²) in [6.45, 7) is 4.66. The molecule has 0 saturated carbocycles. The Labute approximate surface area is 151 Å². The topological polar surface area (TPSA) is 85.3 Å². The summed E-state index contributed by atoms with van der Waals surface area (Å²) in [6, 6.07) is 14.8. The maximum atomic E-state index is 10.9. The predicted molar refractivity (Wildman–Crippen MR) is 97.4 cm³/mol. The summed E-state index contributed by atoms with van der Waals surface area (Å²) >= 11 is 0. The van der Waals surface area contributed by atoms with Gasteiger partial charge in [0.1, 0.15) is 0 Å². The maximum Gasteiger partial charge on any atom is 0.270 e. The fourth-order valence-electron chi connectivity index (χ4n) is 2.64. The quantitative estimate of drug-likeness (QED) is 0.489. The Hall–Kier alpha value is -3.06. The average Bonchev–Trinajstić information content (AvgIpc) is 3.10. The van der Waals surface area contributed by atoms with Crippen molar-refractivity contribution < 1.29 is 9.45 Å². The van der Waals surface area contributed by atoms with Gasteiger partial charge in [0.25, 0.3) is 5.69 Å². The molecule has 0 radical (unpaired) electrons. The van der Waals surface area contributed by atoms with Crippen LogP contribution in [0.1, 0.15) is 30.0 Å². The van der Waals surface area contributed by atoms with Crippen molar-refractivity contribution in [1.82, 2.24) is 15.0 Å². The zero-order chi connectivity index (χ0) is 18.7. The molecule has 0 N–H and O–H groups in total. The molecule has 0 aliphatic carbocycles. The van der Waals surface area contributed by atoms with Crippen LogP contribution < -0.4 is 0 Å². The van der Waals surface area contributed by atoms with Crippen molar-refractivity contribution in [3.05, 3.63) is 75.7 Å². The molecule has 134 valence electrons. The molecule has 1 aromatic heterocycles. The predicted octanol–water partition coefficient (Wildman–Crippen LogP) is 4.15. The standard InChI is InChI=1S/C19H20N4O3/c1-13-7-9-15(10-8-13)14(2)22(3)12-18-20-19(21-26-18)16-5-4-6-17(11-16)23(24)25/h4-11,14H,12H2,1-3H3. The number of hydrogen-bond acceptors (Lipinski definition) is 6. The minimum Gasteiger partial charge on any atom is -0.338 e.